The van der Waals surface area contributed by atoms with Crippen molar-refractivity contribution in [3.05, 3.63) is 128 Å². The average Bonchev–Trinajstić information content (AvgIpc) is 2.84. The molecule has 0 fully saturated rings. The molecule has 36 heavy (non-hydrogen) atoms. The lowest BCUT2D eigenvalue weighted by Gasteiger charge is -2.24. The van der Waals surface area contributed by atoms with E-state index in [2.05, 4.69) is 114 Å². The Bertz CT molecular complexity index is 1260. The van der Waals surface area contributed by atoms with Gasteiger partial charge in [0.25, 0.3) is 0 Å². The molecule has 0 amide bonds. The fourth-order valence-electron chi connectivity index (χ4n) is 5.49. The maximum atomic E-state index is 5.49. The standard InChI is InChI=1S/C34H36O2/c1-21-17-23(3)31(24(4)18-21)33(27-9-13-29(35-7)14-10-27)34(28-11-15-30(36-8)16-12-28)32-25(5)19-22(2)20-26(32)6/h9-20H,1-8H3/b34-33-. The van der Waals surface area contributed by atoms with E-state index in [-0.39, 0.29) is 0 Å². The van der Waals surface area contributed by atoms with Gasteiger partial charge in [-0.25, -0.2) is 0 Å². The molecule has 2 heteroatoms. The summed E-state index contributed by atoms with van der Waals surface area (Å²) in [7, 11) is 3.42. The van der Waals surface area contributed by atoms with E-state index in [1.165, 1.54) is 55.7 Å². The van der Waals surface area contributed by atoms with Crippen LogP contribution in [0.2, 0.25) is 0 Å². The Hall–Kier alpha value is -3.78. The molecule has 0 aromatic heterocycles. The van der Waals surface area contributed by atoms with Gasteiger partial charge in [0.05, 0.1) is 14.2 Å². The topological polar surface area (TPSA) is 18.5 Å². The molecule has 184 valence electrons. The molecule has 0 saturated heterocycles. The Morgan fingerprint density at radius 1 is 0.444 bits per heavy atom. The quantitative estimate of drug-likeness (QED) is 0.260. The molecule has 0 aliphatic heterocycles. The summed E-state index contributed by atoms with van der Waals surface area (Å²) in [6.07, 6.45) is 0. The molecule has 4 aromatic rings. The van der Waals surface area contributed by atoms with Gasteiger partial charge in [0, 0.05) is 0 Å². The Kier molecular flexibility index (Phi) is 7.35. The second-order valence-electron chi connectivity index (χ2n) is 9.75. The van der Waals surface area contributed by atoms with E-state index in [0.717, 1.165) is 22.6 Å². The highest BCUT2D eigenvalue weighted by Crippen LogP contribution is 2.42. The minimum atomic E-state index is 0.851. The van der Waals surface area contributed by atoms with Gasteiger partial charge < -0.3 is 9.47 Å². The molecule has 0 saturated carbocycles. The van der Waals surface area contributed by atoms with Gasteiger partial charge in [0.2, 0.25) is 0 Å². The lowest BCUT2D eigenvalue weighted by Crippen LogP contribution is -2.05. The van der Waals surface area contributed by atoms with Gasteiger partial charge >= 0.3 is 0 Å². The molecular formula is C34H36O2. The van der Waals surface area contributed by atoms with E-state index >= 15 is 0 Å². The molecule has 4 rings (SSSR count). The molecule has 0 unspecified atom stereocenters. The summed E-state index contributed by atoms with van der Waals surface area (Å²) in [5.41, 5.74) is 15.0. The second-order valence-corrected chi connectivity index (χ2v) is 9.75. The van der Waals surface area contributed by atoms with Gasteiger partial charge in [-0.1, -0.05) is 59.7 Å². The van der Waals surface area contributed by atoms with Crippen molar-refractivity contribution in [2.75, 3.05) is 14.2 Å². The van der Waals surface area contributed by atoms with Crippen molar-refractivity contribution < 1.29 is 9.47 Å². The molecule has 4 aromatic carbocycles. The van der Waals surface area contributed by atoms with Crippen LogP contribution >= 0.6 is 0 Å². The molecule has 0 radical (unpaired) electrons. The molecule has 0 spiro atoms. The van der Waals surface area contributed by atoms with E-state index in [1.54, 1.807) is 14.2 Å². The van der Waals surface area contributed by atoms with Gasteiger partial charge in [0.1, 0.15) is 11.5 Å². The van der Waals surface area contributed by atoms with Crippen molar-refractivity contribution in [2.45, 2.75) is 41.5 Å². The summed E-state index contributed by atoms with van der Waals surface area (Å²) >= 11 is 0. The number of ether oxygens (including phenoxy) is 2. The van der Waals surface area contributed by atoms with Gasteiger partial charge in [-0.2, -0.15) is 0 Å². The Morgan fingerprint density at radius 3 is 0.972 bits per heavy atom. The number of rotatable bonds is 6. The monoisotopic (exact) mass is 476 g/mol. The molecule has 0 N–H and O–H groups in total. The first-order valence-corrected chi connectivity index (χ1v) is 12.4. The number of hydrogen-bond donors (Lipinski definition) is 0. The van der Waals surface area contributed by atoms with E-state index < -0.39 is 0 Å². The predicted molar refractivity (Wildman–Crippen MR) is 152 cm³/mol. The van der Waals surface area contributed by atoms with Crippen LogP contribution in [-0.4, -0.2) is 14.2 Å². The van der Waals surface area contributed by atoms with Gasteiger partial charge in [0.15, 0.2) is 0 Å². The summed E-state index contributed by atoms with van der Waals surface area (Å²) < 4.78 is 11.0. The largest absolute Gasteiger partial charge is 0.497 e. The van der Waals surface area contributed by atoms with Crippen LogP contribution < -0.4 is 9.47 Å². The second kappa shape index (κ2) is 10.5. The summed E-state index contributed by atoms with van der Waals surface area (Å²) in [6, 6.07) is 26.0. The van der Waals surface area contributed by atoms with E-state index in [1.807, 2.05) is 0 Å². The normalized spacial score (nSPS) is 11.8. The first-order valence-electron chi connectivity index (χ1n) is 12.4. The van der Waals surface area contributed by atoms with Crippen molar-refractivity contribution >= 4 is 11.1 Å². The molecule has 0 aliphatic carbocycles. The third-order valence-corrected chi connectivity index (χ3v) is 6.86. The zero-order chi connectivity index (χ0) is 26.0. The first kappa shape index (κ1) is 25.3. The third-order valence-electron chi connectivity index (χ3n) is 6.86. The SMILES string of the molecule is COc1ccc(/C(=C(\c2ccc(OC)cc2)c2c(C)cc(C)cc2C)c2c(C)cc(C)cc2C)cc1. The van der Waals surface area contributed by atoms with Crippen molar-refractivity contribution in [3.63, 3.8) is 0 Å². The highest BCUT2D eigenvalue weighted by atomic mass is 16.5. The van der Waals surface area contributed by atoms with Crippen LogP contribution in [0.5, 0.6) is 11.5 Å². The Labute approximate surface area is 216 Å². The maximum Gasteiger partial charge on any atom is 0.118 e. The lowest BCUT2D eigenvalue weighted by atomic mass is 9.79. The van der Waals surface area contributed by atoms with Gasteiger partial charge in [-0.05, 0) is 121 Å². The molecule has 0 heterocycles. The average molecular weight is 477 g/mol. The van der Waals surface area contributed by atoms with Crippen molar-refractivity contribution in [1.29, 1.82) is 0 Å². The molecule has 0 bridgehead atoms. The zero-order valence-electron chi connectivity index (χ0n) is 22.7. The maximum absolute atomic E-state index is 5.49. The zero-order valence-corrected chi connectivity index (χ0v) is 22.7. The first-order chi connectivity index (χ1) is 17.2. The van der Waals surface area contributed by atoms with Crippen molar-refractivity contribution in [1.82, 2.24) is 0 Å². The number of aryl methyl sites for hydroxylation is 6. The Balaban J connectivity index is 2.21. The number of hydrogen-bond acceptors (Lipinski definition) is 2. The number of methoxy groups -OCH3 is 2. The van der Waals surface area contributed by atoms with Crippen LogP contribution in [0.3, 0.4) is 0 Å². The van der Waals surface area contributed by atoms with Crippen LogP contribution in [0.1, 0.15) is 55.6 Å². The highest BCUT2D eigenvalue weighted by molar-refractivity contribution is 6.06. The van der Waals surface area contributed by atoms with Crippen LogP contribution in [0.4, 0.5) is 0 Å². The van der Waals surface area contributed by atoms with Crippen LogP contribution in [0, 0.1) is 41.5 Å². The third kappa shape index (κ3) is 4.95. The van der Waals surface area contributed by atoms with Crippen molar-refractivity contribution in [2.24, 2.45) is 0 Å². The fraction of sp³-hybridized carbons (Fsp3) is 0.235. The Morgan fingerprint density at radius 2 is 0.722 bits per heavy atom. The van der Waals surface area contributed by atoms with Crippen LogP contribution in [-0.2, 0) is 0 Å². The lowest BCUT2D eigenvalue weighted by molar-refractivity contribution is 0.414. The summed E-state index contributed by atoms with van der Waals surface area (Å²) in [6.45, 7) is 13.2. The molecule has 0 atom stereocenters. The highest BCUT2D eigenvalue weighted by Gasteiger charge is 2.22. The van der Waals surface area contributed by atoms with Crippen LogP contribution in [0.25, 0.3) is 11.1 Å². The summed E-state index contributed by atoms with van der Waals surface area (Å²) in [5.74, 6) is 1.70. The minimum absolute atomic E-state index is 0.851. The summed E-state index contributed by atoms with van der Waals surface area (Å²) in [4.78, 5) is 0. The van der Waals surface area contributed by atoms with E-state index in [0.29, 0.717) is 0 Å². The predicted octanol–water partition coefficient (Wildman–Crippen LogP) is 8.56. The van der Waals surface area contributed by atoms with Gasteiger partial charge in [-0.15, -0.1) is 0 Å². The molecule has 0 aliphatic rings. The smallest absolute Gasteiger partial charge is 0.118 e. The molecular weight excluding hydrogens is 440 g/mol. The van der Waals surface area contributed by atoms with Crippen molar-refractivity contribution in [3.8, 4) is 11.5 Å². The van der Waals surface area contributed by atoms with Gasteiger partial charge in [-0.3, -0.25) is 0 Å². The van der Waals surface area contributed by atoms with Crippen LogP contribution in [0.15, 0.2) is 72.8 Å². The van der Waals surface area contributed by atoms with E-state index in [9.17, 15) is 0 Å². The van der Waals surface area contributed by atoms with E-state index in [4.69, 9.17) is 9.47 Å². The number of benzene rings is 4. The summed E-state index contributed by atoms with van der Waals surface area (Å²) in [5, 5.41) is 0. The molecule has 2 nitrogen and oxygen atoms in total. The minimum Gasteiger partial charge on any atom is -0.497 e. The fourth-order valence-corrected chi connectivity index (χ4v) is 5.49.